The fourth-order valence-electron chi connectivity index (χ4n) is 1.93. The van der Waals surface area contributed by atoms with Crippen molar-refractivity contribution in [3.8, 4) is 11.5 Å². The van der Waals surface area contributed by atoms with Gasteiger partial charge in [0.15, 0.2) is 0 Å². The molecule has 0 fully saturated rings. The van der Waals surface area contributed by atoms with Gasteiger partial charge in [0, 0.05) is 23.5 Å². The van der Waals surface area contributed by atoms with Crippen LogP contribution in [-0.4, -0.2) is 15.7 Å². The first-order chi connectivity index (χ1) is 10.2. The molecule has 0 aromatic heterocycles. The van der Waals surface area contributed by atoms with E-state index in [4.69, 9.17) is 20.3 Å². The van der Waals surface area contributed by atoms with E-state index in [0.29, 0.717) is 11.4 Å². The molecule has 0 saturated carbocycles. The van der Waals surface area contributed by atoms with E-state index in [-0.39, 0.29) is 0 Å². The van der Waals surface area contributed by atoms with Gasteiger partial charge in [-0.3, -0.25) is 0 Å². The topological polar surface area (TPSA) is 70.5 Å². The van der Waals surface area contributed by atoms with E-state index >= 15 is 0 Å². The summed E-state index contributed by atoms with van der Waals surface area (Å²) in [5.41, 5.74) is 13.1. The van der Waals surface area contributed by atoms with Crippen LogP contribution >= 0.6 is 0 Å². The molecule has 4 N–H and O–H groups in total. The van der Waals surface area contributed by atoms with Gasteiger partial charge in [-0.25, -0.2) is 0 Å². The second-order valence-electron chi connectivity index (χ2n) is 6.54. The Morgan fingerprint density at radius 3 is 1.45 bits per heavy atom. The van der Waals surface area contributed by atoms with Crippen molar-refractivity contribution >= 4 is 27.0 Å². The molecule has 2 aromatic carbocycles. The van der Waals surface area contributed by atoms with Crippen LogP contribution in [0.2, 0.25) is 26.2 Å². The summed E-state index contributed by atoms with van der Waals surface area (Å²) >= 11 is 0. The van der Waals surface area contributed by atoms with E-state index in [1.165, 1.54) is 0 Å². The second-order valence-corrected chi connectivity index (χ2v) is 20.6. The van der Waals surface area contributed by atoms with Gasteiger partial charge < -0.3 is 20.3 Å². The number of hydrogen-bond acceptors (Lipinski definition) is 4. The molecule has 0 bridgehead atoms. The molecule has 0 aliphatic heterocycles. The van der Waals surface area contributed by atoms with Crippen LogP contribution in [0.25, 0.3) is 0 Å². The average molecular weight is 333 g/mol. The zero-order valence-electron chi connectivity index (χ0n) is 13.6. The summed E-state index contributed by atoms with van der Waals surface area (Å²) in [6, 6.07) is 15.0. The van der Waals surface area contributed by atoms with E-state index in [9.17, 15) is 0 Å². The molecule has 0 atom stereocenters. The summed E-state index contributed by atoms with van der Waals surface area (Å²) in [7, 11) is -4.15. The van der Waals surface area contributed by atoms with Crippen LogP contribution in [-0.2, 0) is 0 Å². The zero-order chi connectivity index (χ0) is 16.4. The highest BCUT2D eigenvalue weighted by atomic mass is 29.3. The minimum absolute atomic E-state index is 0.688. The predicted molar refractivity (Wildman–Crippen MR) is 97.9 cm³/mol. The number of nitrogen functional groups attached to an aromatic ring is 2. The highest BCUT2D eigenvalue weighted by Crippen LogP contribution is 2.28. The molecule has 2 aromatic rings. The van der Waals surface area contributed by atoms with E-state index in [1.54, 1.807) is 0 Å². The lowest BCUT2D eigenvalue weighted by molar-refractivity contribution is 0.414. The summed E-state index contributed by atoms with van der Waals surface area (Å²) in [4.78, 5) is 0. The zero-order valence-corrected chi connectivity index (χ0v) is 15.6. The van der Waals surface area contributed by atoms with Crippen molar-refractivity contribution in [3.05, 3.63) is 48.5 Å². The fraction of sp³-hybridized carbons (Fsp3) is 0.250. The molecule has 0 spiro atoms. The molecule has 0 heterocycles. The summed E-state index contributed by atoms with van der Waals surface area (Å²) < 4.78 is 12.7. The number of anilines is 2. The number of rotatable bonds is 5. The molecule has 118 valence electrons. The summed E-state index contributed by atoms with van der Waals surface area (Å²) in [6.07, 6.45) is 0. The second kappa shape index (κ2) is 6.06. The number of hydrogen-bond donors (Lipinski definition) is 2. The largest absolute Gasteiger partial charge is 0.515 e. The monoisotopic (exact) mass is 332 g/mol. The van der Waals surface area contributed by atoms with Gasteiger partial charge in [0.05, 0.1) is 0 Å². The first-order valence-electron chi connectivity index (χ1n) is 7.29. The molecule has 0 amide bonds. The predicted octanol–water partition coefficient (Wildman–Crippen LogP) is 3.80. The average Bonchev–Trinajstić information content (AvgIpc) is 2.37. The summed E-state index contributed by atoms with van der Waals surface area (Å²) in [5.74, 6) is 1.53. The maximum atomic E-state index is 6.35. The van der Waals surface area contributed by atoms with Gasteiger partial charge in [-0.15, -0.1) is 0 Å². The third kappa shape index (κ3) is 3.83. The van der Waals surface area contributed by atoms with Gasteiger partial charge >= 0.3 is 8.08 Å². The van der Waals surface area contributed by atoms with E-state index in [1.807, 2.05) is 48.5 Å². The smallest absolute Gasteiger partial charge is 0.427 e. The molecular weight excluding hydrogens is 308 g/mol. The van der Waals surface area contributed by atoms with Gasteiger partial charge in [0.25, 0.3) is 0 Å². The molecule has 22 heavy (non-hydrogen) atoms. The van der Waals surface area contributed by atoms with Crippen LogP contribution in [0.15, 0.2) is 48.5 Å². The van der Waals surface area contributed by atoms with Crippen molar-refractivity contribution in [2.75, 3.05) is 11.5 Å². The van der Waals surface area contributed by atoms with Crippen LogP contribution in [0.5, 0.6) is 11.5 Å². The quantitative estimate of drug-likeness (QED) is 0.645. The van der Waals surface area contributed by atoms with Gasteiger partial charge in [-0.2, -0.15) is 0 Å². The Kier molecular flexibility index (Phi) is 4.53. The minimum atomic E-state index is -2.45. The third-order valence-corrected chi connectivity index (χ3v) is 16.5. The Morgan fingerprint density at radius 1 is 0.727 bits per heavy atom. The van der Waals surface area contributed by atoms with Crippen LogP contribution < -0.4 is 20.3 Å². The summed E-state index contributed by atoms with van der Waals surface area (Å²) in [6.45, 7) is 8.90. The molecular formula is C16H24N2O2Si2. The highest BCUT2D eigenvalue weighted by Gasteiger charge is 2.50. The lowest BCUT2D eigenvalue weighted by Gasteiger charge is -2.37. The lowest BCUT2D eigenvalue weighted by atomic mass is 10.3. The molecule has 4 nitrogen and oxygen atoms in total. The fourth-order valence-corrected chi connectivity index (χ4v) is 6.28. The molecule has 0 radical (unpaired) electrons. The number of nitrogens with two attached hydrogens (primary N) is 2. The van der Waals surface area contributed by atoms with Gasteiger partial charge in [-0.05, 0) is 30.8 Å². The Balaban J connectivity index is 2.32. The van der Waals surface area contributed by atoms with Crippen molar-refractivity contribution in [2.45, 2.75) is 26.2 Å². The van der Waals surface area contributed by atoms with Crippen molar-refractivity contribution in [2.24, 2.45) is 0 Å². The van der Waals surface area contributed by atoms with Crippen LogP contribution in [0.3, 0.4) is 0 Å². The normalized spacial score (nSPS) is 12.0. The van der Waals surface area contributed by atoms with Crippen molar-refractivity contribution < 1.29 is 8.85 Å². The first-order valence-corrected chi connectivity index (χ1v) is 14.1. The van der Waals surface area contributed by atoms with Crippen molar-refractivity contribution in [1.82, 2.24) is 0 Å². The van der Waals surface area contributed by atoms with Crippen molar-refractivity contribution in [1.29, 1.82) is 0 Å². The van der Waals surface area contributed by atoms with Gasteiger partial charge in [0.2, 0.25) is 0 Å². The van der Waals surface area contributed by atoms with Crippen LogP contribution in [0, 0.1) is 0 Å². The maximum Gasteiger partial charge on any atom is 0.427 e. The summed E-state index contributed by atoms with van der Waals surface area (Å²) in [5, 5.41) is 0. The van der Waals surface area contributed by atoms with E-state index in [0.717, 1.165) is 11.5 Å². The van der Waals surface area contributed by atoms with E-state index < -0.39 is 15.7 Å². The van der Waals surface area contributed by atoms with Crippen molar-refractivity contribution in [3.63, 3.8) is 0 Å². The first kappa shape index (κ1) is 16.4. The lowest BCUT2D eigenvalue weighted by Crippen LogP contribution is -2.64. The highest BCUT2D eigenvalue weighted by molar-refractivity contribution is 7.36. The Bertz CT molecular complexity index is 609. The molecule has 6 heteroatoms. The molecule has 2 rings (SSSR count). The molecule has 0 unspecified atom stereocenters. The van der Waals surface area contributed by atoms with Crippen LogP contribution in [0.4, 0.5) is 11.4 Å². The molecule has 0 aliphatic carbocycles. The third-order valence-electron chi connectivity index (χ3n) is 3.70. The maximum absolute atomic E-state index is 6.35. The Hall–Kier alpha value is -1.93. The van der Waals surface area contributed by atoms with Gasteiger partial charge in [-0.1, -0.05) is 31.8 Å². The standard InChI is InChI=1S/C16H24N2O2Si2/c1-21(2,3)22(4,19-15-9-5-7-13(17)11-15)20-16-10-6-8-14(18)12-16/h5-12H,17-18H2,1-4H3. The SMILES string of the molecule is C[Si](C)(C)[Si](C)(Oc1cccc(N)c1)Oc1cccc(N)c1. The van der Waals surface area contributed by atoms with Crippen LogP contribution in [0.1, 0.15) is 0 Å². The minimum Gasteiger partial charge on any atom is -0.515 e. The molecule has 0 aliphatic rings. The Morgan fingerprint density at radius 2 is 1.14 bits per heavy atom. The van der Waals surface area contributed by atoms with E-state index in [2.05, 4.69) is 26.2 Å². The number of benzene rings is 2. The molecule has 0 saturated heterocycles. The Labute approximate surface area is 134 Å². The van der Waals surface area contributed by atoms with Gasteiger partial charge in [0.1, 0.15) is 19.1 Å².